The zero-order valence-electron chi connectivity index (χ0n) is 18.5. The van der Waals surface area contributed by atoms with Crippen molar-refractivity contribution in [2.24, 2.45) is 0 Å². The van der Waals surface area contributed by atoms with Crippen LogP contribution in [-0.2, 0) is 13.0 Å². The first-order chi connectivity index (χ1) is 15.7. The first-order valence-corrected chi connectivity index (χ1v) is 11.8. The van der Waals surface area contributed by atoms with Gasteiger partial charge < -0.3 is 19.9 Å². The van der Waals surface area contributed by atoms with Crippen molar-refractivity contribution < 1.29 is 14.6 Å². The van der Waals surface area contributed by atoms with E-state index in [1.54, 1.807) is 18.4 Å². The maximum Gasteiger partial charge on any atom is 0.123 e. The van der Waals surface area contributed by atoms with E-state index in [2.05, 4.69) is 53.2 Å². The average Bonchev–Trinajstić information content (AvgIpc) is 3.25. The number of thiophene rings is 1. The molecule has 2 N–H and O–H groups in total. The van der Waals surface area contributed by atoms with Gasteiger partial charge in [0, 0.05) is 22.8 Å². The number of nitrogens with one attached hydrogen (secondary N) is 1. The number of rotatable bonds is 10. The lowest BCUT2D eigenvalue weighted by Crippen LogP contribution is -2.34. The van der Waals surface area contributed by atoms with E-state index in [9.17, 15) is 5.11 Å². The molecule has 0 aliphatic carbocycles. The van der Waals surface area contributed by atoms with E-state index >= 15 is 0 Å². The molecule has 0 radical (unpaired) electrons. The average molecular weight is 448 g/mol. The molecule has 3 aromatic carbocycles. The molecule has 0 spiro atoms. The maximum atomic E-state index is 10.0. The van der Waals surface area contributed by atoms with Crippen molar-refractivity contribution in [3.05, 3.63) is 83.2 Å². The van der Waals surface area contributed by atoms with Gasteiger partial charge in [-0.3, -0.25) is 0 Å². The Bertz CT molecular complexity index is 1170. The number of aliphatic hydroxyl groups excluding tert-OH is 1. The van der Waals surface area contributed by atoms with Gasteiger partial charge in [-0.2, -0.15) is 0 Å². The lowest BCUT2D eigenvalue weighted by atomic mass is 10.0. The van der Waals surface area contributed by atoms with Gasteiger partial charge in [-0.05, 0) is 71.1 Å². The SMILES string of the molecule is CCOc1ccc(-c2cccc(OC)c2)cc1CNC(CO)Cc1csc2ccccc12. The van der Waals surface area contributed by atoms with Crippen molar-refractivity contribution in [2.75, 3.05) is 20.3 Å². The van der Waals surface area contributed by atoms with Crippen LogP contribution in [0.5, 0.6) is 11.5 Å². The van der Waals surface area contributed by atoms with Gasteiger partial charge in [0.15, 0.2) is 0 Å². The molecule has 32 heavy (non-hydrogen) atoms. The molecule has 0 bridgehead atoms. The Morgan fingerprint density at radius 2 is 1.81 bits per heavy atom. The standard InChI is InChI=1S/C27H29NO3S/c1-3-31-26-12-11-20(19-7-6-8-24(15-19)30-2)13-21(26)16-28-23(17-29)14-22-18-32-27-10-5-4-9-25(22)27/h4-13,15,18,23,28-29H,3,14,16-17H2,1-2H3. The van der Waals surface area contributed by atoms with E-state index in [1.165, 1.54) is 15.6 Å². The van der Waals surface area contributed by atoms with Crippen LogP contribution in [0.1, 0.15) is 18.1 Å². The molecule has 0 fully saturated rings. The maximum absolute atomic E-state index is 10.0. The minimum atomic E-state index is -0.0389. The molecular formula is C27H29NO3S. The van der Waals surface area contributed by atoms with Crippen molar-refractivity contribution in [3.63, 3.8) is 0 Å². The summed E-state index contributed by atoms with van der Waals surface area (Å²) in [6, 6.07) is 22.7. The summed E-state index contributed by atoms with van der Waals surface area (Å²) in [5.41, 5.74) is 4.54. The summed E-state index contributed by atoms with van der Waals surface area (Å²) in [4.78, 5) is 0. The fraction of sp³-hybridized carbons (Fsp3) is 0.259. The summed E-state index contributed by atoms with van der Waals surface area (Å²) >= 11 is 1.75. The van der Waals surface area contributed by atoms with E-state index in [0.717, 1.165) is 34.6 Å². The third-order valence-corrected chi connectivity index (χ3v) is 6.60. The van der Waals surface area contributed by atoms with Crippen LogP contribution >= 0.6 is 11.3 Å². The number of methoxy groups -OCH3 is 1. The molecule has 4 rings (SSSR count). The first kappa shape index (κ1) is 22.3. The zero-order chi connectivity index (χ0) is 22.3. The molecule has 0 amide bonds. The normalized spacial score (nSPS) is 12.1. The molecule has 1 aromatic heterocycles. The molecule has 0 saturated heterocycles. The monoisotopic (exact) mass is 447 g/mol. The minimum Gasteiger partial charge on any atom is -0.497 e. The number of ether oxygens (including phenoxy) is 2. The molecule has 1 atom stereocenters. The van der Waals surface area contributed by atoms with Gasteiger partial charge in [0.05, 0.1) is 20.3 Å². The van der Waals surface area contributed by atoms with Gasteiger partial charge in [-0.15, -0.1) is 11.3 Å². The molecule has 166 valence electrons. The summed E-state index contributed by atoms with van der Waals surface area (Å²) in [6.07, 6.45) is 0.778. The Balaban J connectivity index is 1.53. The molecule has 1 heterocycles. The van der Waals surface area contributed by atoms with E-state index < -0.39 is 0 Å². The van der Waals surface area contributed by atoms with E-state index in [0.29, 0.717) is 13.2 Å². The number of benzene rings is 3. The van der Waals surface area contributed by atoms with Gasteiger partial charge >= 0.3 is 0 Å². The molecule has 4 nitrogen and oxygen atoms in total. The van der Waals surface area contributed by atoms with Crippen molar-refractivity contribution in [3.8, 4) is 22.6 Å². The highest BCUT2D eigenvalue weighted by Gasteiger charge is 2.14. The molecule has 0 aliphatic heterocycles. The van der Waals surface area contributed by atoms with Crippen LogP contribution in [0.15, 0.2) is 72.1 Å². The van der Waals surface area contributed by atoms with Crippen molar-refractivity contribution in [1.82, 2.24) is 5.32 Å². The van der Waals surface area contributed by atoms with Gasteiger partial charge in [0.2, 0.25) is 0 Å². The molecule has 0 aliphatic rings. The third-order valence-electron chi connectivity index (χ3n) is 5.59. The second-order valence-corrected chi connectivity index (χ2v) is 8.62. The number of aliphatic hydroxyl groups is 1. The highest BCUT2D eigenvalue weighted by molar-refractivity contribution is 7.17. The Kier molecular flexibility index (Phi) is 7.43. The van der Waals surface area contributed by atoms with Gasteiger partial charge in [-0.1, -0.05) is 36.4 Å². The smallest absolute Gasteiger partial charge is 0.123 e. The molecule has 5 heteroatoms. The predicted octanol–water partition coefficient (Wildman–Crippen LogP) is 5.67. The lowest BCUT2D eigenvalue weighted by Gasteiger charge is -2.18. The van der Waals surface area contributed by atoms with Crippen LogP contribution in [0, 0.1) is 0 Å². The van der Waals surface area contributed by atoms with Crippen LogP contribution < -0.4 is 14.8 Å². The Morgan fingerprint density at radius 1 is 0.969 bits per heavy atom. The van der Waals surface area contributed by atoms with E-state index in [-0.39, 0.29) is 12.6 Å². The third kappa shape index (κ3) is 5.13. The Morgan fingerprint density at radius 3 is 2.62 bits per heavy atom. The fourth-order valence-corrected chi connectivity index (χ4v) is 4.88. The molecular weight excluding hydrogens is 418 g/mol. The van der Waals surface area contributed by atoms with Crippen LogP contribution in [0.4, 0.5) is 0 Å². The summed E-state index contributed by atoms with van der Waals surface area (Å²) < 4.78 is 12.5. The quantitative estimate of drug-likeness (QED) is 0.329. The van der Waals surface area contributed by atoms with E-state index in [1.807, 2.05) is 31.2 Å². The molecule has 1 unspecified atom stereocenters. The summed E-state index contributed by atoms with van der Waals surface area (Å²) in [5, 5.41) is 17.0. The second kappa shape index (κ2) is 10.6. The van der Waals surface area contributed by atoms with Gasteiger partial charge in [-0.25, -0.2) is 0 Å². The van der Waals surface area contributed by atoms with Gasteiger partial charge in [0.25, 0.3) is 0 Å². The minimum absolute atomic E-state index is 0.0389. The van der Waals surface area contributed by atoms with Crippen LogP contribution in [0.2, 0.25) is 0 Å². The van der Waals surface area contributed by atoms with E-state index in [4.69, 9.17) is 9.47 Å². The second-order valence-electron chi connectivity index (χ2n) is 7.71. The Hall–Kier alpha value is -2.86. The largest absolute Gasteiger partial charge is 0.497 e. The highest BCUT2D eigenvalue weighted by atomic mass is 32.1. The number of hydrogen-bond acceptors (Lipinski definition) is 5. The lowest BCUT2D eigenvalue weighted by molar-refractivity contribution is 0.240. The Labute approximate surface area is 193 Å². The fourth-order valence-electron chi connectivity index (χ4n) is 3.91. The first-order valence-electron chi connectivity index (χ1n) is 10.9. The van der Waals surface area contributed by atoms with Crippen molar-refractivity contribution >= 4 is 21.4 Å². The predicted molar refractivity (Wildman–Crippen MR) is 133 cm³/mol. The van der Waals surface area contributed by atoms with Crippen LogP contribution in [0.25, 0.3) is 21.2 Å². The summed E-state index contributed by atoms with van der Waals surface area (Å²) in [5.74, 6) is 1.70. The molecule has 0 saturated carbocycles. The van der Waals surface area contributed by atoms with Crippen LogP contribution in [-0.4, -0.2) is 31.5 Å². The van der Waals surface area contributed by atoms with Crippen molar-refractivity contribution in [1.29, 1.82) is 0 Å². The summed E-state index contributed by atoms with van der Waals surface area (Å²) in [6.45, 7) is 3.28. The number of hydrogen-bond donors (Lipinski definition) is 2. The topological polar surface area (TPSA) is 50.7 Å². The number of fused-ring (bicyclic) bond motifs is 1. The zero-order valence-corrected chi connectivity index (χ0v) is 19.3. The summed E-state index contributed by atoms with van der Waals surface area (Å²) in [7, 11) is 1.68. The van der Waals surface area contributed by atoms with Crippen molar-refractivity contribution in [2.45, 2.75) is 25.9 Å². The molecule has 4 aromatic rings. The highest BCUT2D eigenvalue weighted by Crippen LogP contribution is 2.30. The van der Waals surface area contributed by atoms with Crippen LogP contribution in [0.3, 0.4) is 0 Å². The van der Waals surface area contributed by atoms with Gasteiger partial charge in [0.1, 0.15) is 11.5 Å².